The van der Waals surface area contributed by atoms with Crippen LogP contribution < -0.4 is 0 Å². The van der Waals surface area contributed by atoms with Crippen LogP contribution in [0.25, 0.3) is 0 Å². The highest BCUT2D eigenvalue weighted by Crippen LogP contribution is 2.31. The lowest BCUT2D eigenvalue weighted by Crippen LogP contribution is -2.36. The van der Waals surface area contributed by atoms with Gasteiger partial charge in [0.1, 0.15) is 5.82 Å². The molecule has 0 aliphatic carbocycles. The quantitative estimate of drug-likeness (QED) is 0.878. The average Bonchev–Trinajstić information content (AvgIpc) is 2.64. The van der Waals surface area contributed by atoms with Crippen molar-refractivity contribution >= 4 is 17.7 Å². The molecule has 1 aliphatic heterocycles. The first-order valence-electron chi connectivity index (χ1n) is 6.18. The number of amides is 1. The van der Waals surface area contributed by atoms with Crippen LogP contribution in [0, 0.1) is 11.7 Å². The Morgan fingerprint density at radius 2 is 2.30 bits per heavy atom. The summed E-state index contributed by atoms with van der Waals surface area (Å²) < 4.78 is 18.8. The summed E-state index contributed by atoms with van der Waals surface area (Å²) in [6.07, 6.45) is -1.56. The van der Waals surface area contributed by atoms with Gasteiger partial charge in [-0.15, -0.1) is 0 Å². The van der Waals surface area contributed by atoms with Gasteiger partial charge >= 0.3 is 6.09 Å². The van der Waals surface area contributed by atoms with Crippen LogP contribution in [0.5, 0.6) is 0 Å². The Hall–Kier alpha value is -1.37. The number of carbonyl (C=O) groups is 1. The van der Waals surface area contributed by atoms with Crippen LogP contribution in [0.15, 0.2) is 18.2 Å². The molecule has 0 bridgehead atoms. The molecule has 1 aromatic rings. The fraction of sp³-hybridized carbons (Fsp3) is 0.462. The molecule has 0 saturated carbocycles. The van der Waals surface area contributed by atoms with Gasteiger partial charge in [-0.05, 0) is 17.7 Å². The number of ether oxygens (including phenoxy) is 1. The molecule has 7 heteroatoms. The van der Waals surface area contributed by atoms with E-state index in [0.29, 0.717) is 5.56 Å². The predicted octanol–water partition coefficient (Wildman–Crippen LogP) is 2.14. The number of nitrogens with zero attached hydrogens (tertiary/aromatic N) is 1. The van der Waals surface area contributed by atoms with Crippen LogP contribution in [0.1, 0.15) is 11.7 Å². The van der Waals surface area contributed by atoms with Gasteiger partial charge in [0, 0.05) is 19.0 Å². The third kappa shape index (κ3) is 3.20. The summed E-state index contributed by atoms with van der Waals surface area (Å²) in [7, 11) is 0. The minimum atomic E-state index is -1.05. The minimum Gasteiger partial charge on any atom is -0.465 e. The number of hydrogen-bond donors (Lipinski definition) is 2. The smallest absolute Gasteiger partial charge is 0.407 e. The summed E-state index contributed by atoms with van der Waals surface area (Å²) in [4.78, 5) is 12.2. The highest BCUT2D eigenvalue weighted by atomic mass is 35.5. The van der Waals surface area contributed by atoms with E-state index in [1.807, 2.05) is 0 Å². The molecule has 0 unspecified atom stereocenters. The zero-order valence-corrected chi connectivity index (χ0v) is 11.4. The summed E-state index contributed by atoms with van der Waals surface area (Å²) >= 11 is 5.75. The van der Waals surface area contributed by atoms with Crippen LogP contribution >= 0.6 is 11.6 Å². The molecule has 2 rings (SSSR count). The van der Waals surface area contributed by atoms with Crippen molar-refractivity contribution in [3.8, 4) is 0 Å². The number of aliphatic hydroxyl groups is 1. The van der Waals surface area contributed by atoms with Gasteiger partial charge in [0.2, 0.25) is 0 Å². The average molecular weight is 304 g/mol. The van der Waals surface area contributed by atoms with E-state index in [4.69, 9.17) is 21.4 Å². The highest BCUT2D eigenvalue weighted by molar-refractivity contribution is 6.30. The van der Waals surface area contributed by atoms with Gasteiger partial charge in [-0.3, -0.25) is 0 Å². The number of benzene rings is 1. The SMILES string of the molecule is O=C(O)N1CCO[C@@H](c2ccc(F)c(Cl)c2)[C@H](CO)C1. The van der Waals surface area contributed by atoms with Gasteiger partial charge < -0.3 is 19.8 Å². The standard InChI is InChI=1S/C13H15ClFNO4/c14-10-5-8(1-2-11(10)15)12-9(7-17)6-16(13(18)19)3-4-20-12/h1-2,5,9,12,17H,3-4,6-7H2,(H,18,19)/t9-,12-/m0/s1. The van der Waals surface area contributed by atoms with E-state index >= 15 is 0 Å². The first-order chi connectivity index (χ1) is 9.52. The van der Waals surface area contributed by atoms with Gasteiger partial charge in [0.25, 0.3) is 0 Å². The van der Waals surface area contributed by atoms with Crippen molar-refractivity contribution in [3.05, 3.63) is 34.6 Å². The third-order valence-electron chi connectivity index (χ3n) is 3.32. The van der Waals surface area contributed by atoms with E-state index in [-0.39, 0.29) is 31.3 Å². The van der Waals surface area contributed by atoms with E-state index in [1.54, 1.807) is 0 Å². The molecule has 1 aliphatic rings. The predicted molar refractivity (Wildman–Crippen MR) is 70.3 cm³/mol. The largest absolute Gasteiger partial charge is 0.465 e. The Morgan fingerprint density at radius 1 is 1.55 bits per heavy atom. The summed E-state index contributed by atoms with van der Waals surface area (Å²) in [5.41, 5.74) is 0.627. The van der Waals surface area contributed by atoms with E-state index in [0.717, 1.165) is 0 Å². The lowest BCUT2D eigenvalue weighted by atomic mass is 9.96. The Morgan fingerprint density at radius 3 is 2.90 bits per heavy atom. The fourth-order valence-electron chi connectivity index (χ4n) is 2.28. The summed E-state index contributed by atoms with van der Waals surface area (Å²) in [5.74, 6) is -0.952. The van der Waals surface area contributed by atoms with Crippen molar-refractivity contribution in [1.29, 1.82) is 0 Å². The van der Waals surface area contributed by atoms with Gasteiger partial charge in [-0.2, -0.15) is 0 Å². The molecule has 5 nitrogen and oxygen atoms in total. The van der Waals surface area contributed by atoms with E-state index in [9.17, 15) is 14.3 Å². The topological polar surface area (TPSA) is 70.0 Å². The Kier molecular flexibility index (Phi) is 4.80. The molecule has 0 aromatic heterocycles. The van der Waals surface area contributed by atoms with Crippen molar-refractivity contribution < 1.29 is 24.1 Å². The lowest BCUT2D eigenvalue weighted by molar-refractivity contribution is 0.0113. The maximum atomic E-state index is 13.2. The monoisotopic (exact) mass is 303 g/mol. The minimum absolute atomic E-state index is 0.0258. The lowest BCUT2D eigenvalue weighted by Gasteiger charge is -2.25. The molecule has 20 heavy (non-hydrogen) atoms. The summed E-state index contributed by atoms with van der Waals surface area (Å²) in [5, 5.41) is 18.5. The highest BCUT2D eigenvalue weighted by Gasteiger charge is 2.31. The number of carboxylic acid groups (broad SMARTS) is 1. The van der Waals surface area contributed by atoms with Gasteiger partial charge in [-0.25, -0.2) is 9.18 Å². The first kappa shape index (κ1) is 15.0. The zero-order valence-electron chi connectivity index (χ0n) is 10.6. The Balaban J connectivity index is 2.24. The fourth-order valence-corrected chi connectivity index (χ4v) is 2.47. The third-order valence-corrected chi connectivity index (χ3v) is 3.61. The van der Waals surface area contributed by atoms with Crippen LogP contribution in [0.2, 0.25) is 5.02 Å². The van der Waals surface area contributed by atoms with E-state index in [1.165, 1.54) is 23.1 Å². The first-order valence-corrected chi connectivity index (χ1v) is 6.56. The molecule has 1 fully saturated rings. The van der Waals surface area contributed by atoms with Crippen LogP contribution in [0.3, 0.4) is 0 Å². The van der Waals surface area contributed by atoms with Crippen molar-refractivity contribution in [2.45, 2.75) is 6.10 Å². The van der Waals surface area contributed by atoms with Crippen molar-refractivity contribution in [1.82, 2.24) is 4.90 Å². The molecule has 1 heterocycles. The summed E-state index contributed by atoms with van der Waals surface area (Å²) in [6.45, 7) is 0.370. The number of rotatable bonds is 2. The molecular weight excluding hydrogens is 289 g/mol. The second-order valence-electron chi connectivity index (χ2n) is 4.64. The molecule has 1 aromatic carbocycles. The van der Waals surface area contributed by atoms with Crippen LogP contribution in [-0.2, 0) is 4.74 Å². The molecule has 0 spiro atoms. The second-order valence-corrected chi connectivity index (χ2v) is 5.04. The maximum Gasteiger partial charge on any atom is 0.407 e. The summed E-state index contributed by atoms with van der Waals surface area (Å²) in [6, 6.07) is 4.21. The number of aliphatic hydroxyl groups excluding tert-OH is 1. The molecule has 2 N–H and O–H groups in total. The van der Waals surface area contributed by atoms with Gasteiger partial charge in [0.15, 0.2) is 0 Å². The maximum absolute atomic E-state index is 13.2. The van der Waals surface area contributed by atoms with Gasteiger partial charge in [0.05, 0.1) is 24.3 Å². The van der Waals surface area contributed by atoms with E-state index < -0.39 is 23.9 Å². The van der Waals surface area contributed by atoms with Crippen LogP contribution in [0.4, 0.5) is 9.18 Å². The molecular formula is C13H15ClFNO4. The van der Waals surface area contributed by atoms with Crippen molar-refractivity contribution in [3.63, 3.8) is 0 Å². The Bertz CT molecular complexity index is 499. The molecule has 0 radical (unpaired) electrons. The van der Waals surface area contributed by atoms with E-state index in [2.05, 4.69) is 0 Å². The normalized spacial score (nSPS) is 23.4. The molecule has 2 atom stereocenters. The second kappa shape index (κ2) is 6.39. The Labute approximate surface area is 120 Å². The van der Waals surface area contributed by atoms with Crippen molar-refractivity contribution in [2.75, 3.05) is 26.3 Å². The molecule has 110 valence electrons. The molecule has 1 amide bonds. The van der Waals surface area contributed by atoms with Crippen LogP contribution in [-0.4, -0.2) is 47.5 Å². The zero-order chi connectivity index (χ0) is 14.7. The van der Waals surface area contributed by atoms with Crippen molar-refractivity contribution in [2.24, 2.45) is 5.92 Å². The van der Waals surface area contributed by atoms with Gasteiger partial charge in [-0.1, -0.05) is 17.7 Å². The molecule has 1 saturated heterocycles. The number of hydrogen-bond acceptors (Lipinski definition) is 3. The number of halogens is 2.